The molecule has 21 heavy (non-hydrogen) atoms. The summed E-state index contributed by atoms with van der Waals surface area (Å²) >= 11 is 12.0. The Morgan fingerprint density at radius 2 is 1.71 bits per heavy atom. The van der Waals surface area contributed by atoms with E-state index in [0.717, 1.165) is 22.7 Å². The Morgan fingerprint density at radius 1 is 0.952 bits per heavy atom. The molecular formula is C16H12Cl2N2O. The molecule has 5 heteroatoms. The summed E-state index contributed by atoms with van der Waals surface area (Å²) in [5.41, 5.74) is 2.73. The number of rotatable bonds is 3. The van der Waals surface area contributed by atoms with Crippen LogP contribution in [0, 0.1) is 0 Å². The second-order valence-corrected chi connectivity index (χ2v) is 5.29. The van der Waals surface area contributed by atoms with E-state index in [1.54, 1.807) is 17.9 Å². The van der Waals surface area contributed by atoms with Crippen LogP contribution >= 0.6 is 23.2 Å². The van der Waals surface area contributed by atoms with E-state index in [4.69, 9.17) is 27.9 Å². The first-order chi connectivity index (χ1) is 10.2. The third kappa shape index (κ3) is 2.89. The third-order valence-corrected chi connectivity index (χ3v) is 3.88. The van der Waals surface area contributed by atoms with Gasteiger partial charge in [0, 0.05) is 11.8 Å². The van der Waals surface area contributed by atoms with E-state index >= 15 is 0 Å². The molecule has 0 radical (unpaired) electrons. The first-order valence-electron chi connectivity index (χ1n) is 6.33. The third-order valence-electron chi connectivity index (χ3n) is 3.14. The van der Waals surface area contributed by atoms with Crippen LogP contribution in [0.3, 0.4) is 0 Å². The number of halogens is 2. The quantitative estimate of drug-likeness (QED) is 0.690. The molecule has 0 spiro atoms. The highest BCUT2D eigenvalue weighted by molar-refractivity contribution is 6.42. The molecular weight excluding hydrogens is 307 g/mol. The van der Waals surface area contributed by atoms with E-state index in [2.05, 4.69) is 5.10 Å². The molecule has 3 aromatic rings. The van der Waals surface area contributed by atoms with Crippen molar-refractivity contribution in [3.63, 3.8) is 0 Å². The molecule has 0 saturated heterocycles. The fraction of sp³-hybridized carbons (Fsp3) is 0.0625. The van der Waals surface area contributed by atoms with Crippen molar-refractivity contribution in [1.82, 2.24) is 9.78 Å². The number of ether oxygens (including phenoxy) is 1. The molecule has 0 amide bonds. The average molecular weight is 319 g/mol. The van der Waals surface area contributed by atoms with Crippen LogP contribution in [0.25, 0.3) is 16.9 Å². The Balaban J connectivity index is 1.93. The SMILES string of the molecule is COc1ccc(-n2ccc(-c3ccc(Cl)c(Cl)c3)n2)cc1. The van der Waals surface area contributed by atoms with E-state index in [1.807, 2.05) is 48.7 Å². The molecule has 106 valence electrons. The van der Waals surface area contributed by atoms with Gasteiger partial charge in [0.25, 0.3) is 0 Å². The molecule has 0 unspecified atom stereocenters. The minimum Gasteiger partial charge on any atom is -0.497 e. The minimum absolute atomic E-state index is 0.521. The summed E-state index contributed by atoms with van der Waals surface area (Å²) in [5, 5.41) is 5.61. The molecule has 0 bridgehead atoms. The number of methoxy groups -OCH3 is 1. The maximum atomic E-state index is 6.04. The van der Waals surface area contributed by atoms with Gasteiger partial charge in [-0.15, -0.1) is 0 Å². The van der Waals surface area contributed by atoms with Crippen molar-refractivity contribution in [2.45, 2.75) is 0 Å². The smallest absolute Gasteiger partial charge is 0.119 e. The molecule has 0 aliphatic heterocycles. The fourth-order valence-corrected chi connectivity index (χ4v) is 2.31. The second-order valence-electron chi connectivity index (χ2n) is 4.47. The van der Waals surface area contributed by atoms with Gasteiger partial charge in [-0.1, -0.05) is 29.3 Å². The van der Waals surface area contributed by atoms with Gasteiger partial charge in [0.15, 0.2) is 0 Å². The van der Waals surface area contributed by atoms with E-state index in [-0.39, 0.29) is 0 Å². The molecule has 0 fully saturated rings. The number of hydrogen-bond acceptors (Lipinski definition) is 2. The van der Waals surface area contributed by atoms with Gasteiger partial charge in [-0.3, -0.25) is 0 Å². The Morgan fingerprint density at radius 3 is 2.38 bits per heavy atom. The Labute approximate surface area is 132 Å². The van der Waals surface area contributed by atoms with Crippen LogP contribution in [-0.2, 0) is 0 Å². The lowest BCUT2D eigenvalue weighted by molar-refractivity contribution is 0.414. The fourth-order valence-electron chi connectivity index (χ4n) is 2.01. The van der Waals surface area contributed by atoms with Gasteiger partial charge in [-0.2, -0.15) is 5.10 Å². The van der Waals surface area contributed by atoms with Crippen LogP contribution in [0.15, 0.2) is 54.7 Å². The minimum atomic E-state index is 0.521. The first-order valence-corrected chi connectivity index (χ1v) is 7.08. The lowest BCUT2D eigenvalue weighted by Gasteiger charge is -2.03. The molecule has 3 nitrogen and oxygen atoms in total. The monoisotopic (exact) mass is 318 g/mol. The van der Waals surface area contributed by atoms with Crippen LogP contribution in [0.5, 0.6) is 5.75 Å². The number of nitrogens with zero attached hydrogens (tertiary/aromatic N) is 2. The van der Waals surface area contributed by atoms with Crippen molar-refractivity contribution in [3.8, 4) is 22.7 Å². The highest BCUT2D eigenvalue weighted by Gasteiger charge is 2.06. The molecule has 2 aromatic carbocycles. The highest BCUT2D eigenvalue weighted by Crippen LogP contribution is 2.28. The summed E-state index contributed by atoms with van der Waals surface area (Å²) in [4.78, 5) is 0. The molecule has 0 N–H and O–H groups in total. The van der Waals surface area contributed by atoms with Gasteiger partial charge in [0.1, 0.15) is 5.75 Å². The van der Waals surface area contributed by atoms with Crippen LogP contribution in [0.4, 0.5) is 0 Å². The lowest BCUT2D eigenvalue weighted by Crippen LogP contribution is -1.95. The molecule has 0 atom stereocenters. The van der Waals surface area contributed by atoms with Crippen LogP contribution in [0.2, 0.25) is 10.0 Å². The van der Waals surface area contributed by atoms with Gasteiger partial charge in [0.2, 0.25) is 0 Å². The van der Waals surface area contributed by atoms with Crippen molar-refractivity contribution < 1.29 is 4.74 Å². The predicted molar refractivity (Wildman–Crippen MR) is 85.6 cm³/mol. The molecule has 1 aromatic heterocycles. The van der Waals surface area contributed by atoms with E-state index in [1.165, 1.54) is 0 Å². The highest BCUT2D eigenvalue weighted by atomic mass is 35.5. The van der Waals surface area contributed by atoms with Crippen LogP contribution < -0.4 is 4.74 Å². The summed E-state index contributed by atoms with van der Waals surface area (Å²) in [6, 6.07) is 15.1. The summed E-state index contributed by atoms with van der Waals surface area (Å²) in [7, 11) is 1.64. The first kappa shape index (κ1) is 14.0. The van der Waals surface area contributed by atoms with Crippen LogP contribution in [-0.4, -0.2) is 16.9 Å². The Kier molecular flexibility index (Phi) is 3.86. The van der Waals surface area contributed by atoms with Crippen molar-refractivity contribution in [2.75, 3.05) is 7.11 Å². The van der Waals surface area contributed by atoms with Gasteiger partial charge in [-0.25, -0.2) is 4.68 Å². The average Bonchev–Trinajstić information content (AvgIpc) is 3.00. The van der Waals surface area contributed by atoms with Gasteiger partial charge >= 0.3 is 0 Å². The van der Waals surface area contributed by atoms with Crippen LogP contribution in [0.1, 0.15) is 0 Å². The number of benzene rings is 2. The molecule has 0 saturated carbocycles. The van der Waals surface area contributed by atoms with Gasteiger partial charge in [-0.05, 0) is 42.5 Å². The lowest BCUT2D eigenvalue weighted by atomic mass is 10.2. The Bertz CT molecular complexity index is 766. The maximum Gasteiger partial charge on any atom is 0.119 e. The normalized spacial score (nSPS) is 10.6. The van der Waals surface area contributed by atoms with E-state index < -0.39 is 0 Å². The summed E-state index contributed by atoms with van der Waals surface area (Å²) in [5.74, 6) is 0.815. The van der Waals surface area contributed by atoms with Gasteiger partial charge < -0.3 is 4.74 Å². The summed E-state index contributed by atoms with van der Waals surface area (Å²) in [6.45, 7) is 0. The maximum absolute atomic E-state index is 6.04. The number of aromatic nitrogens is 2. The summed E-state index contributed by atoms with van der Waals surface area (Å²) < 4.78 is 6.95. The zero-order valence-electron chi connectivity index (χ0n) is 11.3. The zero-order valence-corrected chi connectivity index (χ0v) is 12.8. The van der Waals surface area contributed by atoms with Crippen molar-refractivity contribution >= 4 is 23.2 Å². The van der Waals surface area contributed by atoms with Gasteiger partial charge in [0.05, 0.1) is 28.5 Å². The standard InChI is InChI=1S/C16H12Cl2N2O/c1-21-13-5-3-12(4-6-13)20-9-8-16(19-20)11-2-7-14(17)15(18)10-11/h2-10H,1H3. The van der Waals surface area contributed by atoms with E-state index in [0.29, 0.717) is 10.0 Å². The van der Waals surface area contributed by atoms with Crippen molar-refractivity contribution in [1.29, 1.82) is 0 Å². The summed E-state index contributed by atoms with van der Waals surface area (Å²) in [6.07, 6.45) is 1.90. The largest absolute Gasteiger partial charge is 0.497 e. The predicted octanol–water partition coefficient (Wildman–Crippen LogP) is 4.85. The molecule has 0 aliphatic carbocycles. The van der Waals surface area contributed by atoms with E-state index in [9.17, 15) is 0 Å². The topological polar surface area (TPSA) is 27.1 Å². The second kappa shape index (κ2) is 5.80. The zero-order chi connectivity index (χ0) is 14.8. The van der Waals surface area contributed by atoms with Crippen molar-refractivity contribution in [2.24, 2.45) is 0 Å². The molecule has 1 heterocycles. The molecule has 3 rings (SSSR count). The molecule has 0 aliphatic rings. The van der Waals surface area contributed by atoms with Crippen molar-refractivity contribution in [3.05, 3.63) is 64.8 Å². The number of hydrogen-bond donors (Lipinski definition) is 0. The Hall–Kier alpha value is -1.97.